The molecule has 0 amide bonds. The van der Waals surface area contributed by atoms with Gasteiger partial charge in [0.2, 0.25) is 0 Å². The van der Waals surface area contributed by atoms with Crippen molar-refractivity contribution < 1.29 is 9.90 Å². The summed E-state index contributed by atoms with van der Waals surface area (Å²) in [4.78, 5) is 16.2. The first kappa shape index (κ1) is 12.8. The van der Waals surface area contributed by atoms with Crippen LogP contribution in [-0.4, -0.2) is 16.1 Å². The molecular formula is C14H15NO2S. The molecule has 1 aromatic carbocycles. The Balaban J connectivity index is 2.25. The van der Waals surface area contributed by atoms with Crippen LogP contribution in [0.25, 0.3) is 10.6 Å². The number of hydrogen-bond acceptors (Lipinski definition) is 3. The lowest BCUT2D eigenvalue weighted by Crippen LogP contribution is -1.98. The Morgan fingerprint density at radius 1 is 1.39 bits per heavy atom. The average Bonchev–Trinajstić information content (AvgIpc) is 2.68. The van der Waals surface area contributed by atoms with E-state index in [2.05, 4.69) is 24.0 Å². The van der Waals surface area contributed by atoms with Gasteiger partial charge >= 0.3 is 5.97 Å². The molecule has 0 aliphatic rings. The van der Waals surface area contributed by atoms with Crippen LogP contribution >= 0.6 is 11.3 Å². The maximum absolute atomic E-state index is 10.6. The first-order valence-corrected chi connectivity index (χ1v) is 6.63. The maximum Gasteiger partial charge on any atom is 0.303 e. The van der Waals surface area contributed by atoms with Crippen molar-refractivity contribution in [3.8, 4) is 10.6 Å². The van der Waals surface area contributed by atoms with Crippen LogP contribution in [0.5, 0.6) is 0 Å². The van der Waals surface area contributed by atoms with Gasteiger partial charge in [-0.05, 0) is 19.9 Å². The SMILES string of the molecule is Cc1cccc(-c2nc(CCC(=O)O)c(C)s2)c1. The number of thiazole rings is 1. The van der Waals surface area contributed by atoms with E-state index in [4.69, 9.17) is 5.11 Å². The number of carbonyl (C=O) groups is 1. The molecule has 0 bridgehead atoms. The second-order valence-electron chi connectivity index (χ2n) is 4.29. The number of carboxylic acid groups (broad SMARTS) is 1. The number of hydrogen-bond donors (Lipinski definition) is 1. The summed E-state index contributed by atoms with van der Waals surface area (Å²) in [5.41, 5.74) is 3.20. The highest BCUT2D eigenvalue weighted by Gasteiger charge is 2.10. The molecule has 4 heteroatoms. The largest absolute Gasteiger partial charge is 0.481 e. The van der Waals surface area contributed by atoms with Gasteiger partial charge in [0.05, 0.1) is 12.1 Å². The summed E-state index contributed by atoms with van der Waals surface area (Å²) in [6.07, 6.45) is 0.640. The number of aryl methyl sites for hydroxylation is 3. The van der Waals surface area contributed by atoms with Gasteiger partial charge in [-0.2, -0.15) is 0 Å². The molecule has 94 valence electrons. The van der Waals surface area contributed by atoms with Crippen molar-refractivity contribution in [3.05, 3.63) is 40.4 Å². The van der Waals surface area contributed by atoms with E-state index in [9.17, 15) is 4.79 Å². The van der Waals surface area contributed by atoms with E-state index >= 15 is 0 Å². The molecule has 1 aromatic heterocycles. The lowest BCUT2D eigenvalue weighted by Gasteiger charge is -1.97. The number of rotatable bonds is 4. The van der Waals surface area contributed by atoms with E-state index in [0.29, 0.717) is 6.42 Å². The third-order valence-corrected chi connectivity index (χ3v) is 3.80. The van der Waals surface area contributed by atoms with Gasteiger partial charge in [-0.15, -0.1) is 11.3 Å². The maximum atomic E-state index is 10.6. The van der Waals surface area contributed by atoms with Gasteiger partial charge in [0.15, 0.2) is 0 Å². The summed E-state index contributed by atoms with van der Waals surface area (Å²) in [5.74, 6) is -0.778. The average molecular weight is 261 g/mol. The summed E-state index contributed by atoms with van der Waals surface area (Å²) in [6, 6.07) is 8.19. The Bertz CT molecular complexity index is 575. The summed E-state index contributed by atoms with van der Waals surface area (Å²) in [6.45, 7) is 4.05. The molecule has 1 N–H and O–H groups in total. The summed E-state index contributed by atoms with van der Waals surface area (Å²) in [7, 11) is 0. The zero-order chi connectivity index (χ0) is 13.1. The van der Waals surface area contributed by atoms with Crippen molar-refractivity contribution in [1.82, 2.24) is 4.98 Å². The van der Waals surface area contributed by atoms with Crippen LogP contribution in [0.4, 0.5) is 0 Å². The molecule has 0 spiro atoms. The third kappa shape index (κ3) is 2.96. The molecule has 0 atom stereocenters. The predicted molar refractivity (Wildman–Crippen MR) is 73.0 cm³/mol. The van der Waals surface area contributed by atoms with E-state index in [0.717, 1.165) is 21.1 Å². The van der Waals surface area contributed by atoms with E-state index in [1.54, 1.807) is 11.3 Å². The van der Waals surface area contributed by atoms with Gasteiger partial charge < -0.3 is 5.11 Å². The molecule has 0 saturated carbocycles. The molecule has 0 unspecified atom stereocenters. The van der Waals surface area contributed by atoms with Crippen LogP contribution in [-0.2, 0) is 11.2 Å². The number of aliphatic carboxylic acids is 1. The van der Waals surface area contributed by atoms with Crippen molar-refractivity contribution in [1.29, 1.82) is 0 Å². The minimum atomic E-state index is -0.778. The highest BCUT2D eigenvalue weighted by molar-refractivity contribution is 7.15. The number of benzene rings is 1. The van der Waals surface area contributed by atoms with E-state index in [1.807, 2.05) is 19.1 Å². The Hall–Kier alpha value is -1.68. The lowest BCUT2D eigenvalue weighted by molar-refractivity contribution is -0.136. The number of carboxylic acids is 1. The van der Waals surface area contributed by atoms with Crippen molar-refractivity contribution in [2.75, 3.05) is 0 Å². The predicted octanol–water partition coefficient (Wildman–Crippen LogP) is 3.44. The summed E-state index contributed by atoms with van der Waals surface area (Å²) in [5, 5.41) is 9.67. The molecule has 18 heavy (non-hydrogen) atoms. The quantitative estimate of drug-likeness (QED) is 0.917. The van der Waals surface area contributed by atoms with Crippen LogP contribution in [0.15, 0.2) is 24.3 Å². The molecule has 3 nitrogen and oxygen atoms in total. The molecule has 0 saturated heterocycles. The molecule has 0 aliphatic heterocycles. The van der Waals surface area contributed by atoms with Crippen LogP contribution in [0, 0.1) is 13.8 Å². The van der Waals surface area contributed by atoms with E-state index in [1.165, 1.54) is 5.56 Å². The summed E-state index contributed by atoms with van der Waals surface area (Å²) >= 11 is 1.62. The fourth-order valence-corrected chi connectivity index (χ4v) is 2.74. The number of aromatic nitrogens is 1. The van der Waals surface area contributed by atoms with Crippen LogP contribution < -0.4 is 0 Å². The highest BCUT2D eigenvalue weighted by Crippen LogP contribution is 2.28. The van der Waals surface area contributed by atoms with Crippen molar-refractivity contribution >= 4 is 17.3 Å². The van der Waals surface area contributed by atoms with E-state index in [-0.39, 0.29) is 6.42 Å². The Kier molecular flexibility index (Phi) is 3.77. The van der Waals surface area contributed by atoms with Gasteiger partial charge in [0.1, 0.15) is 5.01 Å². The Morgan fingerprint density at radius 2 is 2.17 bits per heavy atom. The molecule has 2 rings (SSSR count). The zero-order valence-corrected chi connectivity index (χ0v) is 11.3. The minimum absolute atomic E-state index is 0.137. The Labute approximate surface area is 110 Å². The van der Waals surface area contributed by atoms with Gasteiger partial charge in [-0.25, -0.2) is 4.98 Å². The molecule has 0 fully saturated rings. The van der Waals surface area contributed by atoms with Gasteiger partial charge in [0, 0.05) is 16.9 Å². The number of nitrogens with zero attached hydrogens (tertiary/aromatic N) is 1. The van der Waals surface area contributed by atoms with Crippen LogP contribution in [0.3, 0.4) is 0 Å². The third-order valence-electron chi connectivity index (χ3n) is 2.73. The van der Waals surface area contributed by atoms with Gasteiger partial charge in [-0.3, -0.25) is 4.79 Å². The van der Waals surface area contributed by atoms with Crippen LogP contribution in [0.1, 0.15) is 22.6 Å². The molecule has 0 aliphatic carbocycles. The zero-order valence-electron chi connectivity index (χ0n) is 10.4. The fourth-order valence-electron chi connectivity index (χ4n) is 1.79. The van der Waals surface area contributed by atoms with E-state index < -0.39 is 5.97 Å². The smallest absolute Gasteiger partial charge is 0.303 e. The molecule has 1 heterocycles. The van der Waals surface area contributed by atoms with Crippen LogP contribution in [0.2, 0.25) is 0 Å². The second-order valence-corrected chi connectivity index (χ2v) is 5.49. The fraction of sp³-hybridized carbons (Fsp3) is 0.286. The van der Waals surface area contributed by atoms with Crippen molar-refractivity contribution in [3.63, 3.8) is 0 Å². The lowest BCUT2D eigenvalue weighted by atomic mass is 10.1. The minimum Gasteiger partial charge on any atom is -0.481 e. The second kappa shape index (κ2) is 5.31. The molecule has 0 radical (unpaired) electrons. The normalized spacial score (nSPS) is 10.6. The first-order chi connectivity index (χ1) is 8.56. The first-order valence-electron chi connectivity index (χ1n) is 5.81. The Morgan fingerprint density at radius 3 is 2.83 bits per heavy atom. The monoisotopic (exact) mass is 261 g/mol. The van der Waals surface area contributed by atoms with Gasteiger partial charge in [-0.1, -0.05) is 23.8 Å². The highest BCUT2D eigenvalue weighted by atomic mass is 32.1. The van der Waals surface area contributed by atoms with Crippen molar-refractivity contribution in [2.45, 2.75) is 26.7 Å². The summed E-state index contributed by atoms with van der Waals surface area (Å²) < 4.78 is 0. The topological polar surface area (TPSA) is 50.2 Å². The van der Waals surface area contributed by atoms with Crippen molar-refractivity contribution in [2.24, 2.45) is 0 Å². The molecule has 2 aromatic rings. The molecular weight excluding hydrogens is 246 g/mol. The van der Waals surface area contributed by atoms with Gasteiger partial charge in [0.25, 0.3) is 0 Å². The standard InChI is InChI=1S/C14H15NO2S/c1-9-4-3-5-11(8-9)14-15-12(10(2)18-14)6-7-13(16)17/h3-5,8H,6-7H2,1-2H3,(H,16,17).